The van der Waals surface area contributed by atoms with Crippen LogP contribution in [0.4, 0.5) is 0 Å². The van der Waals surface area contributed by atoms with Gasteiger partial charge in [0.2, 0.25) is 0 Å². The number of halogens is 1. The van der Waals surface area contributed by atoms with E-state index in [1.54, 1.807) is 0 Å². The summed E-state index contributed by atoms with van der Waals surface area (Å²) in [5.74, 6) is -0.674. The second kappa shape index (κ2) is 4.66. The van der Waals surface area contributed by atoms with Crippen LogP contribution in [0.3, 0.4) is 0 Å². The molecule has 0 unspecified atom stereocenters. The molecule has 94 valence electrons. The van der Waals surface area contributed by atoms with Crippen molar-refractivity contribution < 1.29 is 24.1 Å². The van der Waals surface area contributed by atoms with Gasteiger partial charge < -0.3 is 24.1 Å². The Bertz CT molecular complexity index is 260. The maximum atomic E-state index is 10.0. The van der Waals surface area contributed by atoms with Crippen LogP contribution < -0.4 is 0 Å². The van der Waals surface area contributed by atoms with Gasteiger partial charge in [-0.2, -0.15) is 0 Å². The second-order valence-electron chi connectivity index (χ2n) is 4.49. The Labute approximate surface area is 109 Å². The lowest BCUT2D eigenvalue weighted by Crippen LogP contribution is -2.57. The number of methoxy groups -OCH3 is 1. The molecule has 2 aliphatic heterocycles. The van der Waals surface area contributed by atoms with Gasteiger partial charge in [0.1, 0.15) is 18.3 Å². The monoisotopic (exact) mass is 344 g/mol. The molecule has 1 N–H and O–H groups in total. The molecule has 2 rings (SSSR count). The first-order valence-corrected chi connectivity index (χ1v) is 6.79. The van der Waals surface area contributed by atoms with E-state index in [0.717, 1.165) is 4.43 Å². The summed E-state index contributed by atoms with van der Waals surface area (Å²) in [6, 6.07) is 0. The van der Waals surface area contributed by atoms with E-state index >= 15 is 0 Å². The van der Waals surface area contributed by atoms with E-state index in [-0.39, 0.29) is 18.3 Å². The largest absolute Gasteiger partial charge is 0.385 e. The lowest BCUT2D eigenvalue weighted by atomic mass is 10.0. The SMILES string of the molecule is CO[C@H]1O[C@H](CI)[C@@H]2OC(C)(C)O[C@@H]2[C@H]1O. The third kappa shape index (κ3) is 2.23. The summed E-state index contributed by atoms with van der Waals surface area (Å²) >= 11 is 2.23. The zero-order chi connectivity index (χ0) is 11.9. The molecule has 6 heteroatoms. The van der Waals surface area contributed by atoms with Crippen molar-refractivity contribution in [3.05, 3.63) is 0 Å². The van der Waals surface area contributed by atoms with Crippen molar-refractivity contribution >= 4 is 22.6 Å². The van der Waals surface area contributed by atoms with Crippen LogP contribution >= 0.6 is 22.6 Å². The van der Waals surface area contributed by atoms with Gasteiger partial charge in [-0.25, -0.2) is 0 Å². The predicted octanol–water partition coefficient (Wildman–Crippen LogP) is 0.674. The molecular formula is C10H17IO5. The third-order valence-corrected chi connectivity index (χ3v) is 3.71. The van der Waals surface area contributed by atoms with E-state index in [0.29, 0.717) is 0 Å². The first kappa shape index (κ1) is 13.0. The highest BCUT2D eigenvalue weighted by Crippen LogP contribution is 2.37. The van der Waals surface area contributed by atoms with Crippen molar-refractivity contribution in [2.75, 3.05) is 11.5 Å². The fraction of sp³-hybridized carbons (Fsp3) is 1.00. The van der Waals surface area contributed by atoms with E-state index in [4.69, 9.17) is 18.9 Å². The molecule has 2 fully saturated rings. The number of aliphatic hydroxyl groups excluding tert-OH is 1. The molecule has 0 spiro atoms. The summed E-state index contributed by atoms with van der Waals surface area (Å²) in [5.41, 5.74) is 0. The molecule has 16 heavy (non-hydrogen) atoms. The van der Waals surface area contributed by atoms with Crippen LogP contribution in [0.2, 0.25) is 0 Å². The minimum Gasteiger partial charge on any atom is -0.385 e. The van der Waals surface area contributed by atoms with E-state index in [9.17, 15) is 5.11 Å². The molecule has 2 aliphatic rings. The Balaban J connectivity index is 2.18. The summed E-state index contributed by atoms with van der Waals surface area (Å²) in [7, 11) is 1.51. The molecule has 0 aromatic heterocycles. The summed E-state index contributed by atoms with van der Waals surface area (Å²) in [4.78, 5) is 0. The van der Waals surface area contributed by atoms with Gasteiger partial charge in [-0.1, -0.05) is 22.6 Å². The predicted molar refractivity (Wildman–Crippen MR) is 64.4 cm³/mol. The molecule has 0 radical (unpaired) electrons. The van der Waals surface area contributed by atoms with Crippen LogP contribution in [0.25, 0.3) is 0 Å². The summed E-state index contributed by atoms with van der Waals surface area (Å²) in [5, 5.41) is 10.0. The quantitative estimate of drug-likeness (QED) is 0.590. The fourth-order valence-corrected chi connectivity index (χ4v) is 2.88. The maximum absolute atomic E-state index is 10.0. The lowest BCUT2D eigenvalue weighted by Gasteiger charge is -2.38. The van der Waals surface area contributed by atoms with E-state index in [1.165, 1.54) is 7.11 Å². The van der Waals surface area contributed by atoms with Gasteiger partial charge in [0.25, 0.3) is 0 Å². The Morgan fingerprint density at radius 3 is 2.50 bits per heavy atom. The van der Waals surface area contributed by atoms with Crippen LogP contribution in [-0.2, 0) is 18.9 Å². The number of alkyl halides is 1. The molecule has 0 saturated carbocycles. The topological polar surface area (TPSA) is 57.2 Å². The van der Waals surface area contributed by atoms with Gasteiger partial charge in [0.05, 0.1) is 6.10 Å². The van der Waals surface area contributed by atoms with Crippen molar-refractivity contribution in [1.29, 1.82) is 0 Å². The lowest BCUT2D eigenvalue weighted by molar-refractivity contribution is -0.263. The zero-order valence-corrected chi connectivity index (χ0v) is 11.7. The van der Waals surface area contributed by atoms with Crippen molar-refractivity contribution in [1.82, 2.24) is 0 Å². The van der Waals surface area contributed by atoms with Gasteiger partial charge in [-0.3, -0.25) is 0 Å². The average Bonchev–Trinajstić information content (AvgIpc) is 2.55. The molecule has 0 aliphatic carbocycles. The summed E-state index contributed by atoms with van der Waals surface area (Å²) in [6.45, 7) is 3.67. The van der Waals surface area contributed by atoms with Crippen LogP contribution in [0.15, 0.2) is 0 Å². The van der Waals surface area contributed by atoms with Crippen LogP contribution in [0.1, 0.15) is 13.8 Å². The van der Waals surface area contributed by atoms with E-state index in [2.05, 4.69) is 22.6 Å². The normalized spacial score (nSPS) is 46.7. The third-order valence-electron chi connectivity index (χ3n) is 2.84. The standard InChI is InChI=1S/C10H17IO5/c1-10(2)15-7-5(4-11)14-9(13-3)6(12)8(7)16-10/h5-9,12H,4H2,1-3H3/t5-,6-,7+,8-,9+/m1/s1. The Hall–Kier alpha value is 0.530. The second-order valence-corrected chi connectivity index (χ2v) is 5.37. The number of ether oxygens (including phenoxy) is 4. The Morgan fingerprint density at radius 2 is 1.94 bits per heavy atom. The van der Waals surface area contributed by atoms with Gasteiger partial charge in [-0.15, -0.1) is 0 Å². The Kier molecular flexibility index (Phi) is 3.78. The first-order valence-electron chi connectivity index (χ1n) is 5.26. The minimum atomic E-state index is -0.809. The zero-order valence-electron chi connectivity index (χ0n) is 9.55. The molecular weight excluding hydrogens is 327 g/mol. The van der Waals surface area contributed by atoms with Crippen LogP contribution in [0, 0.1) is 0 Å². The first-order chi connectivity index (χ1) is 7.48. The maximum Gasteiger partial charge on any atom is 0.186 e. The number of aliphatic hydroxyl groups is 1. The van der Waals surface area contributed by atoms with Gasteiger partial charge in [0, 0.05) is 11.5 Å². The molecule has 5 nitrogen and oxygen atoms in total. The van der Waals surface area contributed by atoms with Gasteiger partial charge in [0.15, 0.2) is 12.1 Å². The number of hydrogen-bond donors (Lipinski definition) is 1. The molecule has 2 saturated heterocycles. The van der Waals surface area contributed by atoms with Crippen LogP contribution in [0.5, 0.6) is 0 Å². The highest BCUT2D eigenvalue weighted by molar-refractivity contribution is 14.1. The number of fused-ring (bicyclic) bond motifs is 1. The summed E-state index contributed by atoms with van der Waals surface area (Å²) in [6.07, 6.45) is -2.17. The number of hydrogen-bond acceptors (Lipinski definition) is 5. The van der Waals surface area contributed by atoms with Gasteiger partial charge >= 0.3 is 0 Å². The van der Waals surface area contributed by atoms with Crippen molar-refractivity contribution in [3.8, 4) is 0 Å². The smallest absolute Gasteiger partial charge is 0.186 e. The van der Waals surface area contributed by atoms with Crippen molar-refractivity contribution in [2.45, 2.75) is 50.3 Å². The van der Waals surface area contributed by atoms with E-state index < -0.39 is 18.2 Å². The molecule has 0 bridgehead atoms. The molecule has 0 amide bonds. The molecule has 2 heterocycles. The van der Waals surface area contributed by atoms with Crippen molar-refractivity contribution in [2.24, 2.45) is 0 Å². The number of rotatable bonds is 2. The van der Waals surface area contributed by atoms with Crippen LogP contribution in [-0.4, -0.2) is 53.1 Å². The van der Waals surface area contributed by atoms with Crippen molar-refractivity contribution in [3.63, 3.8) is 0 Å². The highest BCUT2D eigenvalue weighted by atomic mass is 127. The average molecular weight is 344 g/mol. The molecule has 5 atom stereocenters. The van der Waals surface area contributed by atoms with Gasteiger partial charge in [-0.05, 0) is 13.8 Å². The molecule has 0 aromatic rings. The Morgan fingerprint density at radius 1 is 1.31 bits per heavy atom. The minimum absolute atomic E-state index is 0.110. The summed E-state index contributed by atoms with van der Waals surface area (Å²) < 4.78 is 22.9. The fourth-order valence-electron chi connectivity index (χ4n) is 2.17. The van der Waals surface area contributed by atoms with E-state index in [1.807, 2.05) is 13.8 Å². The molecule has 0 aromatic carbocycles. The highest BCUT2D eigenvalue weighted by Gasteiger charge is 2.54.